The van der Waals surface area contributed by atoms with Crippen LogP contribution in [0.4, 0.5) is 0 Å². The van der Waals surface area contributed by atoms with Crippen molar-refractivity contribution in [2.45, 2.75) is 52.9 Å². The lowest BCUT2D eigenvalue weighted by molar-refractivity contribution is 0.380. The van der Waals surface area contributed by atoms with Crippen LogP contribution in [0, 0.1) is 12.8 Å². The van der Waals surface area contributed by atoms with Gasteiger partial charge in [-0.1, -0.05) is 63.4 Å². The topological polar surface area (TPSA) is 12.0 Å². The summed E-state index contributed by atoms with van der Waals surface area (Å²) in [4.78, 5) is 0. The van der Waals surface area contributed by atoms with E-state index in [1.54, 1.807) is 0 Å². The van der Waals surface area contributed by atoms with Crippen LogP contribution >= 0.6 is 0 Å². The minimum Gasteiger partial charge on any atom is -0.316 e. The molecule has 18 heavy (non-hydrogen) atoms. The predicted molar refractivity (Wildman–Crippen MR) is 81.2 cm³/mol. The molecule has 0 aliphatic heterocycles. The van der Waals surface area contributed by atoms with Crippen molar-refractivity contribution in [3.63, 3.8) is 0 Å². The molecule has 1 unspecified atom stereocenters. The van der Waals surface area contributed by atoms with Gasteiger partial charge in [0.05, 0.1) is 0 Å². The van der Waals surface area contributed by atoms with E-state index >= 15 is 0 Å². The molecule has 1 aromatic rings. The average Bonchev–Trinajstić information content (AvgIpc) is 2.39. The molecule has 0 radical (unpaired) electrons. The Balaban J connectivity index is 2.78. The molecular formula is C17H29N. The molecule has 1 nitrogen and oxygen atoms in total. The van der Waals surface area contributed by atoms with Gasteiger partial charge in [0.2, 0.25) is 0 Å². The molecule has 0 heterocycles. The van der Waals surface area contributed by atoms with Crippen molar-refractivity contribution in [1.29, 1.82) is 0 Å². The van der Waals surface area contributed by atoms with E-state index < -0.39 is 0 Å². The first-order chi connectivity index (χ1) is 8.72. The summed E-state index contributed by atoms with van der Waals surface area (Å²) in [5, 5.41) is 3.60. The van der Waals surface area contributed by atoms with Crippen LogP contribution in [0.5, 0.6) is 0 Å². The molecule has 1 N–H and O–H groups in total. The highest BCUT2D eigenvalue weighted by atomic mass is 14.9. The quantitative estimate of drug-likeness (QED) is 0.666. The highest BCUT2D eigenvalue weighted by molar-refractivity contribution is 5.25. The summed E-state index contributed by atoms with van der Waals surface area (Å²) in [5.41, 5.74) is 2.85. The number of rotatable bonds is 8. The van der Waals surface area contributed by atoms with Crippen LogP contribution in [0.1, 0.15) is 57.1 Å². The van der Waals surface area contributed by atoms with E-state index in [0.29, 0.717) is 5.92 Å². The molecule has 1 rings (SSSR count). The minimum atomic E-state index is 0.659. The molecule has 0 fully saturated rings. The maximum atomic E-state index is 3.60. The van der Waals surface area contributed by atoms with Crippen molar-refractivity contribution in [2.75, 3.05) is 13.1 Å². The van der Waals surface area contributed by atoms with Crippen LogP contribution in [-0.4, -0.2) is 13.1 Å². The second-order valence-corrected chi connectivity index (χ2v) is 5.30. The van der Waals surface area contributed by atoms with Crippen LogP contribution in [0.2, 0.25) is 0 Å². The molecule has 0 spiro atoms. The predicted octanol–water partition coefficient (Wildman–Crippen LogP) is 4.51. The van der Waals surface area contributed by atoms with E-state index in [0.717, 1.165) is 19.0 Å². The van der Waals surface area contributed by atoms with Crippen molar-refractivity contribution >= 4 is 0 Å². The summed E-state index contributed by atoms with van der Waals surface area (Å²) in [7, 11) is 0. The van der Waals surface area contributed by atoms with Crippen LogP contribution in [0.15, 0.2) is 24.3 Å². The zero-order valence-corrected chi connectivity index (χ0v) is 12.5. The highest BCUT2D eigenvalue weighted by Crippen LogP contribution is 2.29. The number of aryl methyl sites for hydroxylation is 1. The minimum absolute atomic E-state index is 0.659. The average molecular weight is 247 g/mol. The first kappa shape index (κ1) is 15.2. The maximum Gasteiger partial charge on any atom is 0.00228 e. The van der Waals surface area contributed by atoms with E-state index in [-0.39, 0.29) is 0 Å². The number of benzene rings is 1. The summed E-state index contributed by atoms with van der Waals surface area (Å²) >= 11 is 0. The van der Waals surface area contributed by atoms with Gasteiger partial charge in [0.1, 0.15) is 0 Å². The smallest absolute Gasteiger partial charge is 0.00228 e. The van der Waals surface area contributed by atoms with Gasteiger partial charge in [-0.05, 0) is 37.3 Å². The summed E-state index contributed by atoms with van der Waals surface area (Å²) in [5.74, 6) is 1.45. The fraction of sp³-hybridized carbons (Fsp3) is 0.647. The molecular weight excluding hydrogens is 218 g/mol. The van der Waals surface area contributed by atoms with Gasteiger partial charge < -0.3 is 5.32 Å². The summed E-state index contributed by atoms with van der Waals surface area (Å²) in [6.45, 7) is 11.3. The van der Waals surface area contributed by atoms with Crippen LogP contribution < -0.4 is 5.32 Å². The van der Waals surface area contributed by atoms with Crippen molar-refractivity contribution in [2.24, 2.45) is 5.92 Å². The van der Waals surface area contributed by atoms with Gasteiger partial charge in [-0.2, -0.15) is 0 Å². The van der Waals surface area contributed by atoms with Crippen LogP contribution in [0.3, 0.4) is 0 Å². The monoisotopic (exact) mass is 247 g/mol. The largest absolute Gasteiger partial charge is 0.316 e. The normalized spacial score (nSPS) is 12.9. The van der Waals surface area contributed by atoms with Crippen molar-refractivity contribution in [3.05, 3.63) is 35.4 Å². The first-order valence-corrected chi connectivity index (χ1v) is 7.50. The molecule has 0 aliphatic carbocycles. The molecule has 102 valence electrons. The third-order valence-electron chi connectivity index (χ3n) is 3.91. The molecule has 1 heteroatoms. The Bertz CT molecular complexity index is 311. The number of hydrogen-bond donors (Lipinski definition) is 1. The Kier molecular flexibility index (Phi) is 7.04. The molecule has 1 atom stereocenters. The van der Waals surface area contributed by atoms with E-state index in [2.05, 4.69) is 57.3 Å². The Morgan fingerprint density at radius 2 is 1.61 bits per heavy atom. The van der Waals surface area contributed by atoms with Gasteiger partial charge in [0, 0.05) is 6.54 Å². The van der Waals surface area contributed by atoms with Crippen LogP contribution in [0.25, 0.3) is 0 Å². The molecule has 0 saturated heterocycles. The lowest BCUT2D eigenvalue weighted by atomic mass is 9.82. The summed E-state index contributed by atoms with van der Waals surface area (Å²) in [6.07, 6.45) is 3.75. The van der Waals surface area contributed by atoms with Gasteiger partial charge in [0.15, 0.2) is 0 Å². The third kappa shape index (κ3) is 4.45. The fourth-order valence-corrected chi connectivity index (χ4v) is 2.66. The molecule has 0 aromatic heterocycles. The van der Waals surface area contributed by atoms with Gasteiger partial charge in [-0.25, -0.2) is 0 Å². The molecule has 0 amide bonds. The Hall–Kier alpha value is -0.820. The Labute approximate surface area is 113 Å². The Morgan fingerprint density at radius 1 is 1.00 bits per heavy atom. The lowest BCUT2D eigenvalue weighted by Gasteiger charge is -2.26. The van der Waals surface area contributed by atoms with Gasteiger partial charge >= 0.3 is 0 Å². The second kappa shape index (κ2) is 8.31. The standard InChI is InChI=1S/C17H29N/c1-5-12-18-13-17(15(6-2)7-3)16-10-8-14(4)9-11-16/h8-11,15,17-18H,5-7,12-13H2,1-4H3. The fourth-order valence-electron chi connectivity index (χ4n) is 2.66. The maximum absolute atomic E-state index is 3.60. The zero-order chi connectivity index (χ0) is 13.4. The van der Waals surface area contributed by atoms with Crippen molar-refractivity contribution < 1.29 is 0 Å². The summed E-state index contributed by atoms with van der Waals surface area (Å²) < 4.78 is 0. The van der Waals surface area contributed by atoms with Crippen molar-refractivity contribution in [1.82, 2.24) is 5.32 Å². The second-order valence-electron chi connectivity index (χ2n) is 5.30. The van der Waals surface area contributed by atoms with E-state index in [4.69, 9.17) is 0 Å². The highest BCUT2D eigenvalue weighted by Gasteiger charge is 2.19. The SMILES string of the molecule is CCCNCC(c1ccc(C)cc1)C(CC)CC. The van der Waals surface area contributed by atoms with Gasteiger partial charge in [0.25, 0.3) is 0 Å². The van der Waals surface area contributed by atoms with Gasteiger partial charge in [-0.3, -0.25) is 0 Å². The molecule has 0 saturated carbocycles. The molecule has 0 aliphatic rings. The molecule has 0 bridgehead atoms. The summed E-state index contributed by atoms with van der Waals surface area (Å²) in [6, 6.07) is 9.10. The first-order valence-electron chi connectivity index (χ1n) is 7.50. The molecule has 1 aromatic carbocycles. The number of nitrogens with one attached hydrogen (secondary N) is 1. The van der Waals surface area contributed by atoms with E-state index in [1.165, 1.54) is 30.4 Å². The van der Waals surface area contributed by atoms with E-state index in [1.807, 2.05) is 0 Å². The van der Waals surface area contributed by atoms with Crippen molar-refractivity contribution in [3.8, 4) is 0 Å². The lowest BCUT2D eigenvalue weighted by Crippen LogP contribution is -2.27. The third-order valence-corrected chi connectivity index (χ3v) is 3.91. The van der Waals surface area contributed by atoms with Gasteiger partial charge in [-0.15, -0.1) is 0 Å². The number of hydrogen-bond acceptors (Lipinski definition) is 1. The van der Waals surface area contributed by atoms with Crippen LogP contribution in [-0.2, 0) is 0 Å². The van der Waals surface area contributed by atoms with E-state index in [9.17, 15) is 0 Å². The zero-order valence-electron chi connectivity index (χ0n) is 12.5. The Morgan fingerprint density at radius 3 is 2.11 bits per heavy atom.